The minimum atomic E-state index is 0. The molecule has 0 amide bonds. The molecular formula is C14H17Cl2N3. The second-order valence-electron chi connectivity index (χ2n) is 4.67. The number of aromatic amines is 1. The summed E-state index contributed by atoms with van der Waals surface area (Å²) in [4.78, 5) is 7.84. The third-order valence-corrected chi connectivity index (χ3v) is 3.67. The molecule has 2 N–H and O–H groups in total. The van der Waals surface area contributed by atoms with Crippen LogP contribution < -0.4 is 5.32 Å². The van der Waals surface area contributed by atoms with E-state index in [0.29, 0.717) is 0 Å². The summed E-state index contributed by atoms with van der Waals surface area (Å²) in [6, 6.07) is 6.01. The minimum Gasteiger partial charge on any atom is -0.372 e. The molecule has 102 valence electrons. The van der Waals surface area contributed by atoms with Crippen LogP contribution in [0.5, 0.6) is 0 Å². The fraction of sp³-hybridized carbons (Fsp3) is 0.357. The lowest BCUT2D eigenvalue weighted by Gasteiger charge is -2.03. The fourth-order valence-electron chi connectivity index (χ4n) is 2.53. The number of aryl methyl sites for hydroxylation is 2. The number of hydrogen-bond donors (Lipinski definition) is 2. The maximum atomic E-state index is 6.08. The van der Waals surface area contributed by atoms with Crippen molar-refractivity contribution in [2.75, 3.05) is 13.1 Å². The van der Waals surface area contributed by atoms with Crippen LogP contribution in [0.2, 0.25) is 5.02 Å². The first-order valence-electron chi connectivity index (χ1n) is 6.28. The lowest BCUT2D eigenvalue weighted by Crippen LogP contribution is -2.18. The highest BCUT2D eigenvalue weighted by Crippen LogP contribution is 2.26. The van der Waals surface area contributed by atoms with Crippen LogP contribution in [0, 0.1) is 6.92 Å². The van der Waals surface area contributed by atoms with Crippen molar-refractivity contribution in [2.45, 2.75) is 19.8 Å². The average molecular weight is 298 g/mol. The molecule has 0 atom stereocenters. The highest BCUT2D eigenvalue weighted by molar-refractivity contribution is 6.31. The van der Waals surface area contributed by atoms with E-state index in [2.05, 4.69) is 22.2 Å². The largest absolute Gasteiger partial charge is 0.372 e. The normalized spacial score (nSPS) is 14.1. The van der Waals surface area contributed by atoms with Crippen molar-refractivity contribution >= 4 is 40.7 Å². The van der Waals surface area contributed by atoms with Gasteiger partial charge in [0, 0.05) is 34.6 Å². The maximum Gasteiger partial charge on any atom is 0.0967 e. The zero-order valence-corrected chi connectivity index (χ0v) is 12.4. The van der Waals surface area contributed by atoms with E-state index in [-0.39, 0.29) is 12.4 Å². The number of rotatable bonds is 3. The van der Waals surface area contributed by atoms with E-state index in [9.17, 15) is 0 Å². The summed E-state index contributed by atoms with van der Waals surface area (Å²) in [7, 11) is 0. The molecule has 1 aliphatic heterocycles. The summed E-state index contributed by atoms with van der Waals surface area (Å²) < 4.78 is 0. The lowest BCUT2D eigenvalue weighted by atomic mass is 10.1. The lowest BCUT2D eigenvalue weighted by molar-refractivity contribution is 0.933. The third-order valence-electron chi connectivity index (χ3n) is 3.44. The van der Waals surface area contributed by atoms with Crippen LogP contribution in [-0.2, 0) is 6.42 Å². The van der Waals surface area contributed by atoms with Crippen LogP contribution in [0.15, 0.2) is 23.2 Å². The van der Waals surface area contributed by atoms with Gasteiger partial charge in [-0.3, -0.25) is 4.99 Å². The third kappa shape index (κ3) is 2.88. The number of hydrogen-bond acceptors (Lipinski definition) is 2. The molecule has 0 bridgehead atoms. The molecule has 2 heterocycles. The summed E-state index contributed by atoms with van der Waals surface area (Å²) >= 11 is 6.08. The Kier molecular flexibility index (Phi) is 4.38. The van der Waals surface area contributed by atoms with Gasteiger partial charge in [0.15, 0.2) is 0 Å². The molecule has 0 saturated heterocycles. The van der Waals surface area contributed by atoms with Crippen LogP contribution in [0.1, 0.15) is 17.7 Å². The number of H-pyrrole nitrogens is 1. The number of halogens is 2. The first kappa shape index (κ1) is 14.2. The Labute approximate surface area is 123 Å². The van der Waals surface area contributed by atoms with Crippen LogP contribution in [-0.4, -0.2) is 23.9 Å². The summed E-state index contributed by atoms with van der Waals surface area (Å²) in [6.07, 6.45) is 1.97. The first-order valence-corrected chi connectivity index (χ1v) is 6.66. The summed E-state index contributed by atoms with van der Waals surface area (Å²) in [5, 5.41) is 5.34. The van der Waals surface area contributed by atoms with Crippen LogP contribution in [0.25, 0.3) is 10.9 Å². The quantitative estimate of drug-likeness (QED) is 0.894. The van der Waals surface area contributed by atoms with Gasteiger partial charge >= 0.3 is 0 Å². The van der Waals surface area contributed by atoms with Gasteiger partial charge in [0.25, 0.3) is 0 Å². The predicted octanol–water partition coefficient (Wildman–Crippen LogP) is 3.49. The molecule has 1 aromatic carbocycles. The zero-order valence-electron chi connectivity index (χ0n) is 10.8. The second kappa shape index (κ2) is 5.85. The number of aromatic nitrogens is 1. The van der Waals surface area contributed by atoms with E-state index in [4.69, 9.17) is 11.6 Å². The Balaban J connectivity index is 0.00000133. The highest BCUT2D eigenvalue weighted by Gasteiger charge is 2.11. The van der Waals surface area contributed by atoms with Crippen LogP contribution in [0.4, 0.5) is 0 Å². The van der Waals surface area contributed by atoms with Gasteiger partial charge in [0.1, 0.15) is 0 Å². The van der Waals surface area contributed by atoms with Crippen LogP contribution in [0.3, 0.4) is 0 Å². The van der Waals surface area contributed by atoms with Gasteiger partial charge in [-0.25, -0.2) is 0 Å². The average Bonchev–Trinajstić information content (AvgIpc) is 2.94. The van der Waals surface area contributed by atoms with E-state index in [0.717, 1.165) is 42.3 Å². The SMILES string of the molecule is Cc1[nH]c2ccc(Cl)cc2c1CCC1=NCCN1.Cl. The summed E-state index contributed by atoms with van der Waals surface area (Å²) in [5.41, 5.74) is 3.74. The smallest absolute Gasteiger partial charge is 0.0967 e. The number of nitrogens with one attached hydrogen (secondary N) is 2. The highest BCUT2D eigenvalue weighted by atomic mass is 35.5. The van der Waals surface area contributed by atoms with Gasteiger partial charge in [-0.2, -0.15) is 0 Å². The van der Waals surface area contributed by atoms with Gasteiger partial charge < -0.3 is 10.3 Å². The molecule has 0 radical (unpaired) electrons. The molecule has 0 fully saturated rings. The topological polar surface area (TPSA) is 40.2 Å². The van der Waals surface area contributed by atoms with Crippen molar-refractivity contribution in [3.8, 4) is 0 Å². The van der Waals surface area contributed by atoms with Crippen molar-refractivity contribution in [1.82, 2.24) is 10.3 Å². The van der Waals surface area contributed by atoms with Crippen molar-refractivity contribution in [3.63, 3.8) is 0 Å². The van der Waals surface area contributed by atoms with Crippen LogP contribution >= 0.6 is 24.0 Å². The minimum absolute atomic E-state index is 0. The predicted molar refractivity (Wildman–Crippen MR) is 83.9 cm³/mol. The van der Waals surface area contributed by atoms with E-state index >= 15 is 0 Å². The molecule has 0 saturated carbocycles. The molecule has 0 unspecified atom stereocenters. The summed E-state index contributed by atoms with van der Waals surface area (Å²) in [6.45, 7) is 4.01. The number of amidine groups is 1. The van der Waals surface area contributed by atoms with Gasteiger partial charge in [-0.05, 0) is 37.1 Å². The fourth-order valence-corrected chi connectivity index (χ4v) is 2.71. The Bertz CT molecular complexity index is 616. The zero-order chi connectivity index (χ0) is 12.5. The molecule has 3 nitrogen and oxygen atoms in total. The van der Waals surface area contributed by atoms with E-state index in [1.807, 2.05) is 18.2 Å². The molecule has 0 spiro atoms. The molecule has 1 aromatic heterocycles. The Morgan fingerprint density at radius 2 is 2.16 bits per heavy atom. The van der Waals surface area contributed by atoms with Crippen molar-refractivity contribution < 1.29 is 0 Å². The number of nitrogens with zero attached hydrogens (tertiary/aromatic N) is 1. The van der Waals surface area contributed by atoms with Gasteiger partial charge in [0.2, 0.25) is 0 Å². The molecule has 1 aliphatic rings. The van der Waals surface area contributed by atoms with Gasteiger partial charge in [-0.1, -0.05) is 11.6 Å². The number of benzene rings is 1. The Morgan fingerprint density at radius 3 is 2.89 bits per heavy atom. The molecule has 5 heteroatoms. The van der Waals surface area contributed by atoms with Crippen molar-refractivity contribution in [1.29, 1.82) is 0 Å². The molecule has 0 aliphatic carbocycles. The van der Waals surface area contributed by atoms with E-state index < -0.39 is 0 Å². The number of fused-ring (bicyclic) bond motifs is 1. The molecular weight excluding hydrogens is 281 g/mol. The first-order chi connectivity index (χ1) is 8.74. The molecule has 2 aromatic rings. The molecule has 19 heavy (non-hydrogen) atoms. The molecule has 3 rings (SSSR count). The maximum absolute atomic E-state index is 6.08. The van der Waals surface area contributed by atoms with E-state index in [1.165, 1.54) is 16.6 Å². The Morgan fingerprint density at radius 1 is 1.32 bits per heavy atom. The Hall–Kier alpha value is -1.19. The van der Waals surface area contributed by atoms with E-state index in [1.54, 1.807) is 0 Å². The van der Waals surface area contributed by atoms with Gasteiger partial charge in [-0.15, -0.1) is 12.4 Å². The number of aliphatic imine (C=N–C) groups is 1. The summed E-state index contributed by atoms with van der Waals surface area (Å²) in [5.74, 6) is 1.13. The second-order valence-corrected chi connectivity index (χ2v) is 5.11. The monoisotopic (exact) mass is 297 g/mol. The standard InChI is InChI=1S/C14H16ClN3.ClH/c1-9-11(3-5-14-16-6-7-17-14)12-8-10(15)2-4-13(12)18-9;/h2,4,8,18H,3,5-7H2,1H3,(H,16,17);1H. The van der Waals surface area contributed by atoms with Crippen molar-refractivity contribution in [2.24, 2.45) is 4.99 Å². The van der Waals surface area contributed by atoms with Crippen molar-refractivity contribution in [3.05, 3.63) is 34.5 Å². The van der Waals surface area contributed by atoms with Gasteiger partial charge in [0.05, 0.1) is 12.4 Å².